The molecule has 2 aromatic rings. The normalized spacial score (nSPS) is 16.2. The van der Waals surface area contributed by atoms with Crippen LogP contribution in [-0.4, -0.2) is 45.0 Å². The van der Waals surface area contributed by atoms with Crippen molar-refractivity contribution >= 4 is 11.6 Å². The van der Waals surface area contributed by atoms with Crippen molar-refractivity contribution in [2.75, 3.05) is 25.0 Å². The van der Waals surface area contributed by atoms with Crippen molar-refractivity contribution in [2.24, 2.45) is 5.92 Å². The fraction of sp³-hybridized carbons (Fsp3) is 0.500. The van der Waals surface area contributed by atoms with Gasteiger partial charge in [0.15, 0.2) is 0 Å². The van der Waals surface area contributed by atoms with Gasteiger partial charge in [-0.3, -0.25) is 14.7 Å². The summed E-state index contributed by atoms with van der Waals surface area (Å²) in [6.45, 7) is 5.58. The van der Waals surface area contributed by atoms with Gasteiger partial charge in [-0.25, -0.2) is 4.98 Å². The number of anilines is 1. The number of carbonyl (C=O) groups is 1. The number of aryl methyl sites for hydroxylation is 1. The van der Waals surface area contributed by atoms with Crippen LogP contribution < -0.4 is 5.32 Å². The number of pyridine rings is 1. The topological polar surface area (TPSA) is 63.1 Å². The quantitative estimate of drug-likeness (QED) is 0.883. The fourth-order valence-corrected chi connectivity index (χ4v) is 3.27. The van der Waals surface area contributed by atoms with E-state index >= 15 is 0 Å². The minimum Gasteiger partial charge on any atom is -0.335 e. The highest BCUT2D eigenvalue weighted by atomic mass is 16.2. The van der Waals surface area contributed by atoms with Gasteiger partial charge in [0.05, 0.1) is 18.4 Å². The summed E-state index contributed by atoms with van der Waals surface area (Å²) in [5.41, 5.74) is 0.754. The van der Waals surface area contributed by atoms with Gasteiger partial charge in [-0.2, -0.15) is 0 Å². The summed E-state index contributed by atoms with van der Waals surface area (Å²) in [6.07, 6.45) is 10.6. The SMILES string of the molecule is CCc1nccn1CC1CCN(CC(=O)Nc2cccnc2)CC1. The van der Waals surface area contributed by atoms with Gasteiger partial charge in [0.1, 0.15) is 5.82 Å². The van der Waals surface area contributed by atoms with Crippen molar-refractivity contribution in [1.29, 1.82) is 0 Å². The van der Waals surface area contributed by atoms with Gasteiger partial charge in [0.25, 0.3) is 0 Å². The summed E-state index contributed by atoms with van der Waals surface area (Å²) in [5, 5.41) is 2.90. The second kappa shape index (κ2) is 8.06. The predicted octanol–water partition coefficient (Wildman–Crippen LogP) is 2.19. The molecular weight excluding hydrogens is 302 g/mol. The van der Waals surface area contributed by atoms with Gasteiger partial charge in [0.2, 0.25) is 5.91 Å². The van der Waals surface area contributed by atoms with E-state index in [0.29, 0.717) is 12.5 Å². The molecule has 2 aromatic heterocycles. The molecule has 24 heavy (non-hydrogen) atoms. The number of imidazole rings is 1. The van der Waals surface area contributed by atoms with Crippen LogP contribution in [0.3, 0.4) is 0 Å². The summed E-state index contributed by atoms with van der Waals surface area (Å²) >= 11 is 0. The summed E-state index contributed by atoms with van der Waals surface area (Å²) in [4.78, 5) is 22.7. The molecule has 3 rings (SSSR count). The second-order valence-corrected chi connectivity index (χ2v) is 6.36. The monoisotopic (exact) mass is 327 g/mol. The molecule has 0 radical (unpaired) electrons. The molecule has 0 bridgehead atoms. The molecule has 1 fully saturated rings. The Labute approximate surface area is 142 Å². The van der Waals surface area contributed by atoms with E-state index in [0.717, 1.165) is 50.4 Å². The van der Waals surface area contributed by atoms with Crippen molar-refractivity contribution in [3.8, 4) is 0 Å². The summed E-state index contributed by atoms with van der Waals surface area (Å²) in [6, 6.07) is 3.68. The Kier molecular flexibility index (Phi) is 5.59. The number of hydrogen-bond acceptors (Lipinski definition) is 4. The molecule has 0 saturated carbocycles. The summed E-state index contributed by atoms with van der Waals surface area (Å²) < 4.78 is 2.27. The van der Waals surface area contributed by atoms with Crippen molar-refractivity contribution in [3.05, 3.63) is 42.7 Å². The van der Waals surface area contributed by atoms with Crippen LogP contribution in [0.5, 0.6) is 0 Å². The molecule has 128 valence electrons. The van der Waals surface area contributed by atoms with E-state index in [-0.39, 0.29) is 5.91 Å². The van der Waals surface area contributed by atoms with E-state index in [1.807, 2.05) is 18.3 Å². The highest BCUT2D eigenvalue weighted by molar-refractivity contribution is 5.92. The molecule has 0 aromatic carbocycles. The number of amides is 1. The third-order valence-corrected chi connectivity index (χ3v) is 4.59. The van der Waals surface area contributed by atoms with Crippen LogP contribution in [0.25, 0.3) is 0 Å². The summed E-state index contributed by atoms with van der Waals surface area (Å²) in [7, 11) is 0. The van der Waals surface area contributed by atoms with Crippen LogP contribution in [0.4, 0.5) is 5.69 Å². The molecule has 0 unspecified atom stereocenters. The van der Waals surface area contributed by atoms with Crippen molar-refractivity contribution in [1.82, 2.24) is 19.4 Å². The largest absolute Gasteiger partial charge is 0.335 e. The van der Waals surface area contributed by atoms with Crippen LogP contribution >= 0.6 is 0 Å². The van der Waals surface area contributed by atoms with Crippen LogP contribution in [-0.2, 0) is 17.8 Å². The summed E-state index contributed by atoms with van der Waals surface area (Å²) in [5.74, 6) is 1.86. The highest BCUT2D eigenvalue weighted by Crippen LogP contribution is 2.20. The first-order valence-corrected chi connectivity index (χ1v) is 8.67. The smallest absolute Gasteiger partial charge is 0.238 e. The lowest BCUT2D eigenvalue weighted by Gasteiger charge is -2.31. The van der Waals surface area contributed by atoms with Gasteiger partial charge in [-0.05, 0) is 44.0 Å². The Morgan fingerprint density at radius 2 is 2.17 bits per heavy atom. The first-order valence-electron chi connectivity index (χ1n) is 8.67. The second-order valence-electron chi connectivity index (χ2n) is 6.36. The highest BCUT2D eigenvalue weighted by Gasteiger charge is 2.21. The lowest BCUT2D eigenvalue weighted by Crippen LogP contribution is -2.40. The first-order chi connectivity index (χ1) is 11.7. The molecule has 1 aliphatic heterocycles. The maximum absolute atomic E-state index is 12.1. The zero-order chi connectivity index (χ0) is 16.8. The minimum absolute atomic E-state index is 0.0318. The third-order valence-electron chi connectivity index (χ3n) is 4.59. The number of hydrogen-bond donors (Lipinski definition) is 1. The Balaban J connectivity index is 1.43. The van der Waals surface area contributed by atoms with Crippen LogP contribution in [0.15, 0.2) is 36.9 Å². The number of nitrogens with zero attached hydrogens (tertiary/aromatic N) is 4. The maximum Gasteiger partial charge on any atom is 0.238 e. The van der Waals surface area contributed by atoms with Crippen molar-refractivity contribution in [3.63, 3.8) is 0 Å². The molecule has 6 nitrogen and oxygen atoms in total. The average Bonchev–Trinajstić information content (AvgIpc) is 3.04. The molecule has 1 amide bonds. The standard InChI is InChI=1S/C18H25N5O/c1-2-17-20-8-11-23(17)13-15-5-9-22(10-6-15)14-18(24)21-16-4-3-7-19-12-16/h3-4,7-8,11-12,15H,2,5-6,9-10,13-14H2,1H3,(H,21,24). The van der Waals surface area contributed by atoms with Crippen LogP contribution in [0, 0.1) is 5.92 Å². The predicted molar refractivity (Wildman–Crippen MR) is 93.6 cm³/mol. The Morgan fingerprint density at radius 1 is 1.33 bits per heavy atom. The lowest BCUT2D eigenvalue weighted by molar-refractivity contribution is -0.117. The van der Waals surface area contributed by atoms with Gasteiger partial charge in [0, 0.05) is 31.6 Å². The van der Waals surface area contributed by atoms with E-state index in [9.17, 15) is 4.79 Å². The van der Waals surface area contributed by atoms with Gasteiger partial charge in [-0.1, -0.05) is 6.92 Å². The Morgan fingerprint density at radius 3 is 2.88 bits per heavy atom. The third kappa shape index (κ3) is 4.41. The number of nitrogens with one attached hydrogen (secondary N) is 1. The van der Waals surface area contributed by atoms with E-state index in [1.165, 1.54) is 0 Å². The van der Waals surface area contributed by atoms with E-state index in [2.05, 4.69) is 37.9 Å². The number of piperidine rings is 1. The number of likely N-dealkylation sites (tertiary alicyclic amines) is 1. The molecular formula is C18H25N5O. The van der Waals surface area contributed by atoms with Gasteiger partial charge < -0.3 is 9.88 Å². The van der Waals surface area contributed by atoms with E-state index < -0.39 is 0 Å². The van der Waals surface area contributed by atoms with Crippen molar-refractivity contribution in [2.45, 2.75) is 32.7 Å². The van der Waals surface area contributed by atoms with Crippen LogP contribution in [0.1, 0.15) is 25.6 Å². The Bertz CT molecular complexity index is 646. The molecule has 6 heteroatoms. The van der Waals surface area contributed by atoms with E-state index in [4.69, 9.17) is 0 Å². The van der Waals surface area contributed by atoms with Gasteiger partial charge >= 0.3 is 0 Å². The van der Waals surface area contributed by atoms with Gasteiger partial charge in [-0.15, -0.1) is 0 Å². The first kappa shape index (κ1) is 16.6. The lowest BCUT2D eigenvalue weighted by atomic mass is 9.96. The van der Waals surface area contributed by atoms with E-state index in [1.54, 1.807) is 12.4 Å². The fourth-order valence-electron chi connectivity index (χ4n) is 3.27. The average molecular weight is 327 g/mol. The zero-order valence-electron chi connectivity index (χ0n) is 14.2. The molecule has 3 heterocycles. The number of aromatic nitrogens is 3. The minimum atomic E-state index is 0.0318. The molecule has 1 aliphatic rings. The maximum atomic E-state index is 12.1. The molecule has 1 N–H and O–H groups in total. The molecule has 0 aliphatic carbocycles. The number of carbonyl (C=O) groups excluding carboxylic acids is 1. The molecule has 1 saturated heterocycles. The zero-order valence-corrected chi connectivity index (χ0v) is 14.2. The molecule has 0 atom stereocenters. The Hall–Kier alpha value is -2.21. The molecule has 0 spiro atoms. The number of rotatable bonds is 6. The van der Waals surface area contributed by atoms with Crippen LogP contribution in [0.2, 0.25) is 0 Å². The van der Waals surface area contributed by atoms with Crippen molar-refractivity contribution < 1.29 is 4.79 Å².